The molecule has 1 aliphatic heterocycles. The van der Waals surface area contributed by atoms with Crippen molar-refractivity contribution in [1.82, 2.24) is 9.78 Å². The predicted octanol–water partition coefficient (Wildman–Crippen LogP) is 4.00. The van der Waals surface area contributed by atoms with Crippen LogP contribution in [-0.4, -0.2) is 42.5 Å². The first-order valence-electron chi connectivity index (χ1n) is 10.8. The van der Waals surface area contributed by atoms with Crippen LogP contribution in [0, 0.1) is 0 Å². The van der Waals surface area contributed by atoms with Crippen molar-refractivity contribution in [1.29, 1.82) is 0 Å². The molecule has 1 aromatic heterocycles. The van der Waals surface area contributed by atoms with Crippen LogP contribution in [0.15, 0.2) is 66.0 Å². The van der Waals surface area contributed by atoms with Crippen molar-refractivity contribution in [3.05, 3.63) is 77.1 Å². The van der Waals surface area contributed by atoms with E-state index in [-0.39, 0.29) is 12.5 Å². The molecular formula is C25H26N4O5. The van der Waals surface area contributed by atoms with Gasteiger partial charge in [-0.1, -0.05) is 18.2 Å². The lowest BCUT2D eigenvalue weighted by Crippen LogP contribution is -2.30. The molecule has 4 rings (SSSR count). The van der Waals surface area contributed by atoms with Crippen LogP contribution < -0.4 is 20.1 Å². The maximum Gasteiger partial charge on any atom is 0.338 e. The number of aromatic nitrogens is 2. The zero-order valence-electron chi connectivity index (χ0n) is 19.4. The molecule has 176 valence electrons. The number of hydrogen-bond acceptors (Lipinski definition) is 7. The van der Waals surface area contributed by atoms with Gasteiger partial charge in [0.1, 0.15) is 28.9 Å². The molecule has 1 amide bonds. The molecule has 9 heteroatoms. The second-order valence-electron chi connectivity index (χ2n) is 7.57. The van der Waals surface area contributed by atoms with Crippen LogP contribution in [0.5, 0.6) is 11.5 Å². The van der Waals surface area contributed by atoms with Gasteiger partial charge < -0.3 is 24.8 Å². The van der Waals surface area contributed by atoms with Crippen LogP contribution in [0.2, 0.25) is 0 Å². The molecule has 0 saturated carbocycles. The number of fused-ring (bicyclic) bond motifs is 1. The van der Waals surface area contributed by atoms with Crippen molar-refractivity contribution in [2.24, 2.45) is 0 Å². The second kappa shape index (κ2) is 9.70. The Bertz CT molecular complexity index is 1250. The first-order chi connectivity index (χ1) is 16.5. The van der Waals surface area contributed by atoms with Crippen molar-refractivity contribution in [2.45, 2.75) is 19.9 Å². The molecule has 0 spiro atoms. The number of allylic oxidation sites excluding steroid dienone is 1. The molecule has 2 aromatic carbocycles. The largest absolute Gasteiger partial charge is 0.497 e. The van der Waals surface area contributed by atoms with E-state index in [4.69, 9.17) is 14.2 Å². The number of amides is 1. The van der Waals surface area contributed by atoms with E-state index >= 15 is 0 Å². The van der Waals surface area contributed by atoms with Crippen molar-refractivity contribution in [3.63, 3.8) is 0 Å². The van der Waals surface area contributed by atoms with Crippen LogP contribution in [0.25, 0.3) is 0 Å². The van der Waals surface area contributed by atoms with Gasteiger partial charge in [-0.3, -0.25) is 4.79 Å². The molecule has 0 aliphatic carbocycles. The fourth-order valence-corrected chi connectivity index (χ4v) is 3.95. The average molecular weight is 463 g/mol. The van der Waals surface area contributed by atoms with Gasteiger partial charge in [0.05, 0.1) is 32.6 Å². The first-order valence-corrected chi connectivity index (χ1v) is 10.8. The van der Waals surface area contributed by atoms with E-state index in [0.29, 0.717) is 45.4 Å². The third kappa shape index (κ3) is 4.19. The Labute approximate surface area is 197 Å². The standard InChI is InChI=1S/C25H26N4O5/c1-5-34-25(31)21-15(2)27-23-19(24(30)28-16-9-7-6-8-10-16)14-26-29(23)22(21)18-13-17(32-3)11-12-20(18)33-4/h6-14,22,27H,5H2,1-4H3,(H,28,30)/t22-/m1/s1. The van der Waals surface area contributed by atoms with Crippen LogP contribution >= 0.6 is 0 Å². The molecule has 1 aliphatic rings. The lowest BCUT2D eigenvalue weighted by Gasteiger charge is -2.30. The Morgan fingerprint density at radius 1 is 1.12 bits per heavy atom. The predicted molar refractivity (Wildman–Crippen MR) is 127 cm³/mol. The summed E-state index contributed by atoms with van der Waals surface area (Å²) in [5, 5.41) is 10.5. The van der Waals surface area contributed by atoms with Crippen molar-refractivity contribution in [2.75, 3.05) is 31.5 Å². The third-order valence-corrected chi connectivity index (χ3v) is 5.53. The van der Waals surface area contributed by atoms with Gasteiger partial charge in [-0.05, 0) is 44.2 Å². The summed E-state index contributed by atoms with van der Waals surface area (Å²) in [6.45, 7) is 3.73. The number of anilines is 2. The highest BCUT2D eigenvalue weighted by Gasteiger charge is 2.37. The zero-order valence-corrected chi connectivity index (χ0v) is 19.4. The molecule has 0 bridgehead atoms. The molecular weight excluding hydrogens is 436 g/mol. The molecule has 0 unspecified atom stereocenters. The summed E-state index contributed by atoms with van der Waals surface area (Å²) in [6, 6.07) is 13.8. The average Bonchev–Trinajstić information content (AvgIpc) is 3.27. The number of ether oxygens (including phenoxy) is 3. The van der Waals surface area contributed by atoms with Gasteiger partial charge in [0, 0.05) is 16.9 Å². The van der Waals surface area contributed by atoms with Crippen LogP contribution in [0.4, 0.5) is 11.5 Å². The minimum Gasteiger partial charge on any atom is -0.497 e. The highest BCUT2D eigenvalue weighted by Crippen LogP contribution is 2.42. The van der Waals surface area contributed by atoms with Crippen LogP contribution in [0.1, 0.15) is 35.8 Å². The van der Waals surface area contributed by atoms with Gasteiger partial charge in [0.2, 0.25) is 0 Å². The number of nitrogens with one attached hydrogen (secondary N) is 2. The SMILES string of the molecule is CCOC(=O)C1=C(C)Nc2c(C(=O)Nc3ccccc3)cnn2[C@@H]1c1cc(OC)ccc1OC. The molecule has 0 radical (unpaired) electrons. The lowest BCUT2D eigenvalue weighted by atomic mass is 9.94. The molecule has 34 heavy (non-hydrogen) atoms. The fraction of sp³-hybridized carbons (Fsp3) is 0.240. The normalized spacial score (nSPS) is 14.6. The molecule has 1 atom stereocenters. The Hall–Kier alpha value is -4.27. The summed E-state index contributed by atoms with van der Waals surface area (Å²) < 4.78 is 18.0. The Balaban J connectivity index is 1.84. The number of rotatable bonds is 7. The first kappa shape index (κ1) is 22.9. The van der Waals surface area contributed by atoms with Gasteiger partial charge in [-0.25, -0.2) is 9.48 Å². The van der Waals surface area contributed by atoms with E-state index < -0.39 is 12.0 Å². The number of para-hydroxylation sites is 1. The highest BCUT2D eigenvalue weighted by atomic mass is 16.5. The van der Waals surface area contributed by atoms with E-state index in [1.54, 1.807) is 63.1 Å². The number of benzene rings is 2. The highest BCUT2D eigenvalue weighted by molar-refractivity contribution is 6.08. The van der Waals surface area contributed by atoms with Crippen molar-refractivity contribution < 1.29 is 23.8 Å². The summed E-state index contributed by atoms with van der Waals surface area (Å²) >= 11 is 0. The van der Waals surface area contributed by atoms with E-state index in [9.17, 15) is 9.59 Å². The van der Waals surface area contributed by atoms with Crippen molar-refractivity contribution in [3.8, 4) is 11.5 Å². The maximum absolute atomic E-state index is 13.1. The molecule has 9 nitrogen and oxygen atoms in total. The monoisotopic (exact) mass is 462 g/mol. The number of methoxy groups -OCH3 is 2. The van der Waals surface area contributed by atoms with Crippen LogP contribution in [0.3, 0.4) is 0 Å². The number of hydrogen-bond donors (Lipinski definition) is 2. The molecule has 2 heterocycles. The summed E-state index contributed by atoms with van der Waals surface area (Å²) in [7, 11) is 3.11. The molecule has 0 fully saturated rings. The number of carbonyl (C=O) groups excluding carboxylic acids is 2. The second-order valence-corrected chi connectivity index (χ2v) is 7.57. The Kier molecular flexibility index (Phi) is 6.53. The van der Waals surface area contributed by atoms with Gasteiger partial charge in [0.25, 0.3) is 5.91 Å². The van der Waals surface area contributed by atoms with Crippen molar-refractivity contribution >= 4 is 23.4 Å². The van der Waals surface area contributed by atoms with E-state index in [2.05, 4.69) is 15.7 Å². The minimum atomic E-state index is -0.710. The van der Waals surface area contributed by atoms with Gasteiger partial charge in [0.15, 0.2) is 0 Å². The number of esters is 1. The zero-order chi connectivity index (χ0) is 24.2. The Morgan fingerprint density at radius 2 is 1.88 bits per heavy atom. The minimum absolute atomic E-state index is 0.217. The van der Waals surface area contributed by atoms with E-state index in [0.717, 1.165) is 0 Å². The van der Waals surface area contributed by atoms with Gasteiger partial charge in [-0.15, -0.1) is 0 Å². The maximum atomic E-state index is 13.1. The molecule has 0 saturated heterocycles. The molecule has 3 aromatic rings. The fourth-order valence-electron chi connectivity index (χ4n) is 3.95. The lowest BCUT2D eigenvalue weighted by molar-refractivity contribution is -0.139. The quantitative estimate of drug-likeness (QED) is 0.512. The Morgan fingerprint density at radius 3 is 2.56 bits per heavy atom. The molecule has 2 N–H and O–H groups in total. The van der Waals surface area contributed by atoms with Crippen LogP contribution in [-0.2, 0) is 9.53 Å². The third-order valence-electron chi connectivity index (χ3n) is 5.53. The van der Waals surface area contributed by atoms with E-state index in [1.807, 2.05) is 18.2 Å². The van der Waals surface area contributed by atoms with Gasteiger partial charge in [-0.2, -0.15) is 5.10 Å². The topological polar surface area (TPSA) is 104 Å². The smallest absolute Gasteiger partial charge is 0.338 e. The number of carbonyl (C=O) groups is 2. The summed E-state index contributed by atoms with van der Waals surface area (Å²) in [5.74, 6) is 0.765. The summed E-state index contributed by atoms with van der Waals surface area (Å²) in [6.07, 6.45) is 1.47. The summed E-state index contributed by atoms with van der Waals surface area (Å²) in [4.78, 5) is 26.1. The number of nitrogens with zero attached hydrogens (tertiary/aromatic N) is 2. The summed E-state index contributed by atoms with van der Waals surface area (Å²) in [5.41, 5.74) is 2.55. The van der Waals surface area contributed by atoms with Gasteiger partial charge >= 0.3 is 5.97 Å². The van der Waals surface area contributed by atoms with E-state index in [1.165, 1.54) is 6.20 Å².